The Hall–Kier alpha value is -1.42. The molecule has 1 amide bonds. The molecule has 3 nitrogen and oxygen atoms in total. The first-order valence-corrected chi connectivity index (χ1v) is 7.07. The van der Waals surface area contributed by atoms with Gasteiger partial charge in [-0.25, -0.2) is 4.98 Å². The summed E-state index contributed by atoms with van der Waals surface area (Å²) >= 11 is 1.77. The highest BCUT2D eigenvalue weighted by Gasteiger charge is 2.14. The standard InChI is InChI=1S/C14H18N2OS/c1-3-11(8-9-16(2)10-17)14-15-12-6-4-5-7-13(12)18-14/h4-7,10-11H,3,8-9H2,1-2H3. The molecule has 18 heavy (non-hydrogen) atoms. The summed E-state index contributed by atoms with van der Waals surface area (Å²) in [5.41, 5.74) is 1.08. The predicted molar refractivity (Wildman–Crippen MR) is 76.0 cm³/mol. The zero-order valence-corrected chi connectivity index (χ0v) is 11.6. The van der Waals surface area contributed by atoms with Crippen LogP contribution < -0.4 is 0 Å². The summed E-state index contributed by atoms with van der Waals surface area (Å²) in [6.45, 7) is 2.97. The zero-order valence-electron chi connectivity index (χ0n) is 10.8. The lowest BCUT2D eigenvalue weighted by atomic mass is 10.0. The van der Waals surface area contributed by atoms with Crippen LogP contribution in [-0.2, 0) is 4.79 Å². The molecular weight excluding hydrogens is 244 g/mol. The summed E-state index contributed by atoms with van der Waals surface area (Å²) in [4.78, 5) is 17.0. The van der Waals surface area contributed by atoms with Gasteiger partial charge in [0.2, 0.25) is 6.41 Å². The number of carbonyl (C=O) groups is 1. The van der Waals surface area contributed by atoms with Crippen LogP contribution in [0.2, 0.25) is 0 Å². The highest BCUT2D eigenvalue weighted by Crippen LogP contribution is 2.31. The molecule has 0 bridgehead atoms. The number of thiazole rings is 1. The SMILES string of the molecule is CCC(CCN(C)C=O)c1nc2ccccc2s1. The van der Waals surface area contributed by atoms with Crippen LogP contribution in [0, 0.1) is 0 Å². The van der Waals surface area contributed by atoms with E-state index in [-0.39, 0.29) is 0 Å². The topological polar surface area (TPSA) is 33.2 Å². The van der Waals surface area contributed by atoms with E-state index < -0.39 is 0 Å². The number of fused-ring (bicyclic) bond motifs is 1. The summed E-state index contributed by atoms with van der Waals surface area (Å²) in [6.07, 6.45) is 2.92. The Kier molecular flexibility index (Phi) is 4.31. The monoisotopic (exact) mass is 262 g/mol. The van der Waals surface area contributed by atoms with Crippen molar-refractivity contribution in [1.82, 2.24) is 9.88 Å². The fourth-order valence-corrected chi connectivity index (χ4v) is 3.16. The molecule has 0 saturated carbocycles. The lowest BCUT2D eigenvalue weighted by Crippen LogP contribution is -2.19. The molecule has 2 aromatic rings. The van der Waals surface area contributed by atoms with Crippen molar-refractivity contribution in [2.45, 2.75) is 25.7 Å². The second-order valence-corrected chi connectivity index (χ2v) is 5.56. The van der Waals surface area contributed by atoms with Gasteiger partial charge in [0.1, 0.15) is 0 Å². The number of para-hydroxylation sites is 1. The molecule has 1 heterocycles. The number of aromatic nitrogens is 1. The largest absolute Gasteiger partial charge is 0.348 e. The van der Waals surface area contributed by atoms with Gasteiger partial charge >= 0.3 is 0 Å². The lowest BCUT2D eigenvalue weighted by molar-refractivity contribution is -0.117. The van der Waals surface area contributed by atoms with Gasteiger partial charge in [0.05, 0.1) is 15.2 Å². The molecule has 1 atom stereocenters. The van der Waals surface area contributed by atoms with Crippen molar-refractivity contribution in [3.05, 3.63) is 29.3 Å². The molecule has 1 aromatic heterocycles. The highest BCUT2D eigenvalue weighted by atomic mass is 32.1. The van der Waals surface area contributed by atoms with Crippen LogP contribution in [0.4, 0.5) is 0 Å². The van der Waals surface area contributed by atoms with Crippen molar-refractivity contribution in [2.24, 2.45) is 0 Å². The summed E-state index contributed by atoms with van der Waals surface area (Å²) in [5, 5.41) is 1.19. The number of carbonyl (C=O) groups excluding carboxylic acids is 1. The number of nitrogens with zero attached hydrogens (tertiary/aromatic N) is 2. The van der Waals surface area contributed by atoms with E-state index >= 15 is 0 Å². The molecule has 1 aromatic carbocycles. The van der Waals surface area contributed by atoms with Crippen LogP contribution in [0.3, 0.4) is 0 Å². The minimum atomic E-state index is 0.449. The molecule has 0 aliphatic carbocycles. The van der Waals surface area contributed by atoms with Crippen molar-refractivity contribution >= 4 is 28.0 Å². The molecule has 0 radical (unpaired) electrons. The summed E-state index contributed by atoms with van der Waals surface area (Å²) in [5.74, 6) is 0.449. The Morgan fingerprint density at radius 1 is 1.44 bits per heavy atom. The Balaban J connectivity index is 2.13. The van der Waals surface area contributed by atoms with E-state index in [1.54, 1.807) is 16.2 Å². The molecule has 0 spiro atoms. The van der Waals surface area contributed by atoms with Gasteiger partial charge in [-0.1, -0.05) is 19.1 Å². The molecule has 4 heteroatoms. The van der Waals surface area contributed by atoms with Crippen LogP contribution in [0.25, 0.3) is 10.2 Å². The maximum absolute atomic E-state index is 10.6. The predicted octanol–water partition coefficient (Wildman–Crippen LogP) is 3.27. The van der Waals surface area contributed by atoms with Gasteiger partial charge in [0.15, 0.2) is 0 Å². The van der Waals surface area contributed by atoms with Crippen molar-refractivity contribution in [1.29, 1.82) is 0 Å². The molecule has 1 unspecified atom stereocenters. The summed E-state index contributed by atoms with van der Waals surface area (Å²) < 4.78 is 1.25. The fraction of sp³-hybridized carbons (Fsp3) is 0.429. The van der Waals surface area contributed by atoms with Crippen LogP contribution in [0.1, 0.15) is 30.7 Å². The maximum atomic E-state index is 10.6. The van der Waals surface area contributed by atoms with Gasteiger partial charge in [-0.3, -0.25) is 4.79 Å². The van der Waals surface area contributed by atoms with E-state index in [9.17, 15) is 4.79 Å². The third-order valence-electron chi connectivity index (χ3n) is 3.16. The minimum absolute atomic E-state index is 0.449. The van der Waals surface area contributed by atoms with Crippen molar-refractivity contribution < 1.29 is 4.79 Å². The van der Waals surface area contributed by atoms with E-state index in [1.807, 2.05) is 19.2 Å². The number of hydrogen-bond acceptors (Lipinski definition) is 3. The minimum Gasteiger partial charge on any atom is -0.348 e. The number of hydrogen-bond donors (Lipinski definition) is 0. The van der Waals surface area contributed by atoms with E-state index in [1.165, 1.54) is 9.71 Å². The first-order chi connectivity index (χ1) is 8.74. The van der Waals surface area contributed by atoms with Crippen LogP contribution in [0.15, 0.2) is 24.3 Å². The highest BCUT2D eigenvalue weighted by molar-refractivity contribution is 7.18. The Morgan fingerprint density at radius 2 is 2.22 bits per heavy atom. The summed E-state index contributed by atoms with van der Waals surface area (Å²) in [6, 6.07) is 8.23. The number of benzene rings is 1. The van der Waals surface area contributed by atoms with Crippen LogP contribution in [-0.4, -0.2) is 29.9 Å². The molecule has 2 rings (SSSR count). The van der Waals surface area contributed by atoms with Crippen molar-refractivity contribution in [3.63, 3.8) is 0 Å². The first-order valence-electron chi connectivity index (χ1n) is 6.25. The van der Waals surface area contributed by atoms with Crippen molar-refractivity contribution in [2.75, 3.05) is 13.6 Å². The molecule has 0 aliphatic rings. The zero-order chi connectivity index (χ0) is 13.0. The maximum Gasteiger partial charge on any atom is 0.209 e. The van der Waals surface area contributed by atoms with Crippen LogP contribution in [0.5, 0.6) is 0 Å². The van der Waals surface area contributed by atoms with E-state index in [0.717, 1.165) is 31.3 Å². The van der Waals surface area contributed by atoms with Crippen molar-refractivity contribution in [3.8, 4) is 0 Å². The second kappa shape index (κ2) is 5.96. The molecule has 0 fully saturated rings. The summed E-state index contributed by atoms with van der Waals surface area (Å²) in [7, 11) is 1.82. The second-order valence-electron chi connectivity index (χ2n) is 4.50. The molecular formula is C14H18N2OS. The Bertz CT molecular complexity index is 490. The lowest BCUT2D eigenvalue weighted by Gasteiger charge is -2.15. The third kappa shape index (κ3) is 2.88. The van der Waals surface area contributed by atoms with Gasteiger partial charge in [0.25, 0.3) is 0 Å². The van der Waals surface area contributed by atoms with Gasteiger partial charge < -0.3 is 4.90 Å². The Labute approximate surface area is 111 Å². The van der Waals surface area contributed by atoms with Crippen LogP contribution >= 0.6 is 11.3 Å². The molecule has 0 aliphatic heterocycles. The molecule has 96 valence electrons. The average molecular weight is 262 g/mol. The Morgan fingerprint density at radius 3 is 2.89 bits per heavy atom. The number of amides is 1. The first kappa shape index (κ1) is 13.0. The van der Waals surface area contributed by atoms with Gasteiger partial charge in [-0.15, -0.1) is 11.3 Å². The van der Waals surface area contributed by atoms with Gasteiger partial charge in [0, 0.05) is 19.5 Å². The smallest absolute Gasteiger partial charge is 0.209 e. The van der Waals surface area contributed by atoms with Gasteiger partial charge in [-0.05, 0) is 25.0 Å². The van der Waals surface area contributed by atoms with E-state index in [4.69, 9.17) is 4.98 Å². The quantitative estimate of drug-likeness (QED) is 0.749. The third-order valence-corrected chi connectivity index (χ3v) is 4.36. The average Bonchev–Trinajstić information content (AvgIpc) is 2.82. The molecule has 0 saturated heterocycles. The number of rotatable bonds is 6. The normalized spacial score (nSPS) is 12.6. The van der Waals surface area contributed by atoms with Gasteiger partial charge in [-0.2, -0.15) is 0 Å². The molecule has 0 N–H and O–H groups in total. The fourth-order valence-electron chi connectivity index (χ4n) is 1.98. The van der Waals surface area contributed by atoms with E-state index in [2.05, 4.69) is 19.1 Å². The van der Waals surface area contributed by atoms with E-state index in [0.29, 0.717) is 5.92 Å².